The van der Waals surface area contributed by atoms with Crippen molar-refractivity contribution in [2.75, 3.05) is 11.1 Å². The van der Waals surface area contributed by atoms with Crippen molar-refractivity contribution in [1.82, 2.24) is 4.98 Å². The lowest BCUT2D eigenvalue weighted by Crippen LogP contribution is -2.05. The van der Waals surface area contributed by atoms with Gasteiger partial charge in [-0.2, -0.15) is 0 Å². The Morgan fingerprint density at radius 1 is 1.53 bits per heavy atom. The highest BCUT2D eigenvalue weighted by molar-refractivity contribution is 7.07. The number of nitrogens with two attached hydrogens (primary N) is 1. The first-order chi connectivity index (χ1) is 8.06. The van der Waals surface area contributed by atoms with E-state index < -0.39 is 5.82 Å². The van der Waals surface area contributed by atoms with Gasteiger partial charge in [0, 0.05) is 17.1 Å². The lowest BCUT2D eigenvalue weighted by Gasteiger charge is -2.09. The Bertz CT molecular complexity index is 595. The predicted octanol–water partition coefficient (Wildman–Crippen LogP) is 2.42. The minimum Gasteiger partial charge on any atom is -0.397 e. The number of hydrogen-bond donors (Lipinski definition) is 3. The van der Waals surface area contributed by atoms with Crippen molar-refractivity contribution in [2.45, 2.75) is 6.54 Å². The summed E-state index contributed by atoms with van der Waals surface area (Å²) in [6.45, 7) is 0.394. The van der Waals surface area contributed by atoms with Crippen LogP contribution in [0.3, 0.4) is 0 Å². The second-order valence-electron chi connectivity index (χ2n) is 3.38. The van der Waals surface area contributed by atoms with Gasteiger partial charge in [0.25, 0.3) is 0 Å². The second-order valence-corrected chi connectivity index (χ2v) is 4.63. The maximum absolute atomic E-state index is 13.0. The first-order valence-electron chi connectivity index (χ1n) is 4.71. The Labute approximate surface area is 105 Å². The molecule has 2 aromatic rings. The molecule has 0 bridgehead atoms. The first-order valence-corrected chi connectivity index (χ1v) is 5.97. The Balaban J connectivity index is 2.14. The molecule has 0 aliphatic rings. The number of rotatable bonds is 3. The lowest BCUT2D eigenvalue weighted by atomic mass is 10.2. The maximum atomic E-state index is 13.0. The lowest BCUT2D eigenvalue weighted by molar-refractivity contribution is 0.629. The summed E-state index contributed by atoms with van der Waals surface area (Å²) in [5, 5.41) is 4.68. The van der Waals surface area contributed by atoms with Gasteiger partial charge in [0.05, 0.1) is 22.9 Å². The summed E-state index contributed by atoms with van der Waals surface area (Å²) in [6, 6.07) is 2.57. The number of H-pyrrole nitrogens is 1. The number of aromatic amines is 1. The van der Waals surface area contributed by atoms with Crippen molar-refractivity contribution in [3.8, 4) is 0 Å². The van der Waals surface area contributed by atoms with Crippen LogP contribution in [0.5, 0.6) is 0 Å². The van der Waals surface area contributed by atoms with Gasteiger partial charge in [0.1, 0.15) is 5.82 Å². The molecule has 0 radical (unpaired) electrons. The molecule has 0 atom stereocenters. The summed E-state index contributed by atoms with van der Waals surface area (Å²) in [5.74, 6) is -0.557. The van der Waals surface area contributed by atoms with Crippen molar-refractivity contribution in [3.63, 3.8) is 0 Å². The third kappa shape index (κ3) is 2.78. The number of nitrogens with one attached hydrogen (secondary N) is 2. The molecule has 0 saturated heterocycles. The van der Waals surface area contributed by atoms with Crippen molar-refractivity contribution >= 4 is 34.3 Å². The van der Waals surface area contributed by atoms with Gasteiger partial charge in [-0.3, -0.25) is 4.79 Å². The quantitative estimate of drug-likeness (QED) is 0.752. The van der Waals surface area contributed by atoms with Crippen LogP contribution in [0, 0.1) is 5.82 Å². The smallest absolute Gasteiger partial charge is 0.304 e. The van der Waals surface area contributed by atoms with Crippen molar-refractivity contribution < 1.29 is 4.39 Å². The fraction of sp³-hybridized carbons (Fsp3) is 0.100. The van der Waals surface area contributed by atoms with E-state index in [0.29, 0.717) is 12.2 Å². The van der Waals surface area contributed by atoms with Gasteiger partial charge >= 0.3 is 4.87 Å². The third-order valence-electron chi connectivity index (χ3n) is 2.13. The van der Waals surface area contributed by atoms with E-state index in [0.717, 1.165) is 23.1 Å². The standard InChI is InChI=1S/C10H9ClFN3OS/c11-6-1-9(8(13)2-7(6)12)14-3-5-4-17-10(16)15-5/h1-2,4,14H,3,13H2,(H,15,16). The molecule has 0 fully saturated rings. The molecule has 4 N–H and O–H groups in total. The van der Waals surface area contributed by atoms with Crippen molar-refractivity contribution in [2.24, 2.45) is 0 Å². The molecule has 0 unspecified atom stereocenters. The minimum atomic E-state index is -0.557. The van der Waals surface area contributed by atoms with Crippen LogP contribution < -0.4 is 15.9 Å². The molecule has 7 heteroatoms. The first kappa shape index (κ1) is 11.9. The molecule has 17 heavy (non-hydrogen) atoms. The summed E-state index contributed by atoms with van der Waals surface area (Å²) in [7, 11) is 0. The third-order valence-corrected chi connectivity index (χ3v) is 3.14. The summed E-state index contributed by atoms with van der Waals surface area (Å²) in [4.78, 5) is 13.4. The van der Waals surface area contributed by atoms with Gasteiger partial charge in [-0.05, 0) is 6.07 Å². The molecule has 0 amide bonds. The van der Waals surface area contributed by atoms with E-state index >= 15 is 0 Å². The summed E-state index contributed by atoms with van der Waals surface area (Å²) in [6.07, 6.45) is 0. The Morgan fingerprint density at radius 3 is 2.94 bits per heavy atom. The number of thiazole rings is 1. The molecule has 4 nitrogen and oxygen atoms in total. The average molecular weight is 274 g/mol. The Morgan fingerprint density at radius 2 is 2.29 bits per heavy atom. The monoisotopic (exact) mass is 273 g/mol. The number of benzene rings is 1. The Kier molecular flexibility index (Phi) is 3.35. The molecule has 0 spiro atoms. The normalized spacial score (nSPS) is 10.5. The number of hydrogen-bond acceptors (Lipinski definition) is 4. The van der Waals surface area contributed by atoms with Crippen LogP contribution >= 0.6 is 22.9 Å². The van der Waals surface area contributed by atoms with Crippen molar-refractivity contribution in [1.29, 1.82) is 0 Å². The molecular weight excluding hydrogens is 265 g/mol. The number of nitrogen functional groups attached to an aromatic ring is 1. The maximum Gasteiger partial charge on any atom is 0.304 e. The zero-order valence-electron chi connectivity index (χ0n) is 8.59. The molecule has 1 heterocycles. The van der Waals surface area contributed by atoms with Gasteiger partial charge in [-0.25, -0.2) is 4.39 Å². The topological polar surface area (TPSA) is 70.9 Å². The molecule has 1 aromatic carbocycles. The van der Waals surface area contributed by atoms with Crippen LogP contribution in [0.2, 0.25) is 5.02 Å². The highest BCUT2D eigenvalue weighted by Crippen LogP contribution is 2.26. The number of halogens is 2. The van der Waals surface area contributed by atoms with Crippen LogP contribution in [-0.4, -0.2) is 4.98 Å². The molecule has 0 aliphatic carbocycles. The van der Waals surface area contributed by atoms with Gasteiger partial charge in [-0.15, -0.1) is 0 Å². The van der Waals surface area contributed by atoms with Gasteiger partial charge in [0.2, 0.25) is 0 Å². The molecule has 0 saturated carbocycles. The zero-order chi connectivity index (χ0) is 12.4. The molecule has 0 aliphatic heterocycles. The summed E-state index contributed by atoms with van der Waals surface area (Å²) in [5.41, 5.74) is 7.16. The van der Waals surface area contributed by atoms with E-state index in [1.807, 2.05) is 0 Å². The van der Waals surface area contributed by atoms with Crippen LogP contribution in [0.15, 0.2) is 22.3 Å². The van der Waals surface area contributed by atoms with Crippen LogP contribution in [0.1, 0.15) is 5.69 Å². The SMILES string of the molecule is Nc1cc(F)c(Cl)cc1NCc1csc(=O)[nH]1. The van der Waals surface area contributed by atoms with E-state index in [-0.39, 0.29) is 15.6 Å². The summed E-state index contributed by atoms with van der Waals surface area (Å²) >= 11 is 6.73. The fourth-order valence-corrected chi connectivity index (χ4v) is 2.05. The molecule has 1 aromatic heterocycles. The predicted molar refractivity (Wildman–Crippen MR) is 68.1 cm³/mol. The van der Waals surface area contributed by atoms with E-state index in [4.69, 9.17) is 17.3 Å². The largest absolute Gasteiger partial charge is 0.397 e. The van der Waals surface area contributed by atoms with E-state index in [2.05, 4.69) is 10.3 Å². The van der Waals surface area contributed by atoms with Crippen LogP contribution in [-0.2, 0) is 6.54 Å². The van der Waals surface area contributed by atoms with Gasteiger partial charge < -0.3 is 16.0 Å². The average Bonchev–Trinajstić information content (AvgIpc) is 2.68. The van der Waals surface area contributed by atoms with E-state index in [9.17, 15) is 9.18 Å². The zero-order valence-corrected chi connectivity index (χ0v) is 10.2. The van der Waals surface area contributed by atoms with E-state index in [1.54, 1.807) is 5.38 Å². The van der Waals surface area contributed by atoms with Gasteiger partial charge in [-0.1, -0.05) is 22.9 Å². The van der Waals surface area contributed by atoms with Crippen LogP contribution in [0.4, 0.5) is 15.8 Å². The molecular formula is C10H9ClFN3OS. The second kappa shape index (κ2) is 4.77. The number of aromatic nitrogens is 1. The highest BCUT2D eigenvalue weighted by atomic mass is 35.5. The van der Waals surface area contributed by atoms with Gasteiger partial charge in [0.15, 0.2) is 0 Å². The summed E-state index contributed by atoms with van der Waals surface area (Å²) < 4.78 is 13.0. The van der Waals surface area contributed by atoms with Crippen LogP contribution in [0.25, 0.3) is 0 Å². The minimum absolute atomic E-state index is 0.000474. The van der Waals surface area contributed by atoms with E-state index in [1.165, 1.54) is 6.07 Å². The Hall–Kier alpha value is -1.53. The molecule has 2 rings (SSSR count). The number of anilines is 2. The fourth-order valence-electron chi connectivity index (χ4n) is 1.31. The molecule has 90 valence electrons. The highest BCUT2D eigenvalue weighted by Gasteiger charge is 2.06. The van der Waals surface area contributed by atoms with Crippen molar-refractivity contribution in [3.05, 3.63) is 43.7 Å².